The van der Waals surface area contributed by atoms with Crippen molar-refractivity contribution in [3.63, 3.8) is 0 Å². The number of halogens is 2. The van der Waals surface area contributed by atoms with Crippen molar-refractivity contribution in [2.24, 2.45) is 0 Å². The predicted octanol–water partition coefficient (Wildman–Crippen LogP) is 3.57. The normalized spacial score (nSPS) is 10.4. The van der Waals surface area contributed by atoms with E-state index in [-0.39, 0.29) is 0 Å². The number of hydrogen-bond donors (Lipinski definition) is 1. The maximum atomic E-state index is 5.84. The highest BCUT2D eigenvalue weighted by Crippen LogP contribution is 2.32. The number of ether oxygens (including phenoxy) is 1. The summed E-state index contributed by atoms with van der Waals surface area (Å²) >= 11 is 6.77. The first kappa shape index (κ1) is 13.3. The lowest BCUT2D eigenvalue weighted by Gasteiger charge is -2.10. The topological polar surface area (TPSA) is 61.0 Å². The Morgan fingerprint density at radius 1 is 1.22 bits per heavy atom. The summed E-state index contributed by atoms with van der Waals surface area (Å²) in [6.07, 6.45) is 0. The van der Waals surface area contributed by atoms with Gasteiger partial charge < -0.3 is 10.5 Å². The van der Waals surface area contributed by atoms with Crippen LogP contribution in [0, 0.1) is 6.92 Å². The molecule has 1 aromatic heterocycles. The van der Waals surface area contributed by atoms with Crippen molar-refractivity contribution in [2.45, 2.75) is 6.92 Å². The van der Waals surface area contributed by atoms with Crippen LogP contribution in [0.3, 0.4) is 0 Å². The lowest BCUT2D eigenvalue weighted by atomic mass is 10.2. The fraction of sp³-hybridized carbons (Fsp3) is 0.167. The molecule has 0 spiro atoms. The van der Waals surface area contributed by atoms with Crippen molar-refractivity contribution in [1.29, 1.82) is 0 Å². The van der Waals surface area contributed by atoms with Gasteiger partial charge in [0.05, 0.1) is 22.8 Å². The Hall–Kier alpha value is -1.14. The fourth-order valence-corrected chi connectivity index (χ4v) is 2.10. The third kappa shape index (κ3) is 2.49. The molecule has 18 heavy (non-hydrogen) atoms. The highest BCUT2D eigenvalue weighted by atomic mass is 79.9. The second kappa shape index (κ2) is 5.24. The van der Waals surface area contributed by atoms with Gasteiger partial charge in [-0.3, -0.25) is 0 Å². The average Bonchev–Trinajstić information content (AvgIpc) is 2.35. The van der Waals surface area contributed by atoms with Crippen LogP contribution in [0.4, 0.5) is 5.82 Å². The number of aryl methyl sites for hydroxylation is 1. The van der Waals surface area contributed by atoms with Crippen LogP contribution in [0.1, 0.15) is 5.69 Å². The molecule has 0 radical (unpaired) electrons. The van der Waals surface area contributed by atoms with Crippen molar-refractivity contribution in [1.82, 2.24) is 9.97 Å². The summed E-state index contributed by atoms with van der Waals surface area (Å²) in [5.74, 6) is 1.67. The zero-order valence-electron chi connectivity index (χ0n) is 9.87. The number of anilines is 1. The molecule has 0 unspecified atom stereocenters. The maximum Gasteiger partial charge on any atom is 0.165 e. The van der Waals surface area contributed by atoms with Crippen molar-refractivity contribution in [3.8, 4) is 17.1 Å². The lowest BCUT2D eigenvalue weighted by molar-refractivity contribution is 0.416. The van der Waals surface area contributed by atoms with Crippen molar-refractivity contribution < 1.29 is 4.74 Å². The molecule has 2 aromatic rings. The fourth-order valence-electron chi connectivity index (χ4n) is 1.56. The third-order valence-corrected chi connectivity index (χ3v) is 3.92. The van der Waals surface area contributed by atoms with Gasteiger partial charge in [0.2, 0.25) is 0 Å². The van der Waals surface area contributed by atoms with Crippen molar-refractivity contribution >= 4 is 37.7 Å². The molecular formula is C12H11Br2N3O. The number of methoxy groups -OCH3 is 1. The number of aromatic nitrogens is 2. The molecule has 0 atom stereocenters. The van der Waals surface area contributed by atoms with E-state index in [1.165, 1.54) is 0 Å². The zero-order chi connectivity index (χ0) is 13.3. The van der Waals surface area contributed by atoms with Gasteiger partial charge in [-0.05, 0) is 41.1 Å². The summed E-state index contributed by atoms with van der Waals surface area (Å²) < 4.78 is 6.97. The molecule has 1 aromatic carbocycles. The summed E-state index contributed by atoms with van der Waals surface area (Å²) in [6, 6.07) is 5.66. The van der Waals surface area contributed by atoms with E-state index >= 15 is 0 Å². The molecule has 4 nitrogen and oxygen atoms in total. The van der Waals surface area contributed by atoms with Crippen LogP contribution in [-0.2, 0) is 0 Å². The number of hydrogen-bond acceptors (Lipinski definition) is 4. The van der Waals surface area contributed by atoms with Crippen LogP contribution >= 0.6 is 31.9 Å². The molecule has 0 aliphatic rings. The number of nitrogens with zero attached hydrogens (tertiary/aromatic N) is 2. The SMILES string of the molecule is COc1ccc(Br)cc1-c1nc(C)c(Br)c(N)n1. The third-order valence-electron chi connectivity index (χ3n) is 2.44. The van der Waals surface area contributed by atoms with Crippen LogP contribution in [0.15, 0.2) is 27.1 Å². The van der Waals surface area contributed by atoms with Gasteiger partial charge in [0.25, 0.3) is 0 Å². The Balaban J connectivity index is 2.65. The molecule has 2 N–H and O–H groups in total. The molecule has 94 valence electrons. The summed E-state index contributed by atoms with van der Waals surface area (Å²) in [7, 11) is 1.61. The quantitative estimate of drug-likeness (QED) is 0.875. The minimum absolute atomic E-state index is 0.416. The zero-order valence-corrected chi connectivity index (χ0v) is 13.0. The molecule has 0 amide bonds. The van der Waals surface area contributed by atoms with Crippen LogP contribution in [0.2, 0.25) is 0 Å². The first-order valence-corrected chi connectivity index (χ1v) is 6.75. The van der Waals surface area contributed by atoms with Crippen LogP contribution in [0.25, 0.3) is 11.4 Å². The van der Waals surface area contributed by atoms with Gasteiger partial charge in [-0.2, -0.15) is 0 Å². The first-order valence-electron chi connectivity index (χ1n) is 5.16. The van der Waals surface area contributed by atoms with Gasteiger partial charge in [-0.15, -0.1) is 0 Å². The maximum absolute atomic E-state index is 5.84. The van der Waals surface area contributed by atoms with Gasteiger partial charge in [0.15, 0.2) is 5.82 Å². The molecule has 0 saturated heterocycles. The highest BCUT2D eigenvalue weighted by Gasteiger charge is 2.13. The summed E-state index contributed by atoms with van der Waals surface area (Å²) in [4.78, 5) is 8.69. The molecule has 2 rings (SSSR count). The van der Waals surface area contributed by atoms with Crippen LogP contribution < -0.4 is 10.5 Å². The van der Waals surface area contributed by atoms with Gasteiger partial charge in [0.1, 0.15) is 11.6 Å². The molecule has 6 heteroatoms. The molecule has 0 bridgehead atoms. The minimum Gasteiger partial charge on any atom is -0.496 e. The van der Waals surface area contributed by atoms with Crippen molar-refractivity contribution in [3.05, 3.63) is 32.8 Å². The van der Waals surface area contributed by atoms with Gasteiger partial charge in [-0.25, -0.2) is 9.97 Å². The second-order valence-corrected chi connectivity index (χ2v) is 5.39. The average molecular weight is 373 g/mol. The van der Waals surface area contributed by atoms with E-state index in [2.05, 4.69) is 41.8 Å². The van der Waals surface area contributed by atoms with E-state index in [0.717, 1.165) is 20.2 Å². The molecule has 0 fully saturated rings. The van der Waals surface area contributed by atoms with Crippen LogP contribution in [-0.4, -0.2) is 17.1 Å². The molecule has 0 saturated carbocycles. The van der Waals surface area contributed by atoms with Crippen molar-refractivity contribution in [2.75, 3.05) is 12.8 Å². The molecule has 1 heterocycles. The smallest absolute Gasteiger partial charge is 0.165 e. The van der Waals surface area contributed by atoms with E-state index < -0.39 is 0 Å². The summed E-state index contributed by atoms with van der Waals surface area (Å²) in [5, 5.41) is 0. The van der Waals surface area contributed by atoms with E-state index in [4.69, 9.17) is 10.5 Å². The monoisotopic (exact) mass is 371 g/mol. The number of rotatable bonds is 2. The van der Waals surface area contributed by atoms with E-state index in [1.54, 1.807) is 7.11 Å². The van der Waals surface area contributed by atoms with Gasteiger partial charge in [0, 0.05) is 4.47 Å². The summed E-state index contributed by atoms with van der Waals surface area (Å²) in [5.41, 5.74) is 7.43. The van der Waals surface area contributed by atoms with E-state index in [1.807, 2.05) is 25.1 Å². The summed E-state index contributed by atoms with van der Waals surface area (Å²) in [6.45, 7) is 1.87. The number of nitrogen functional groups attached to an aromatic ring is 1. The van der Waals surface area contributed by atoms with Crippen LogP contribution in [0.5, 0.6) is 5.75 Å². The minimum atomic E-state index is 0.416. The standard InChI is InChI=1S/C12H11Br2N3O/c1-6-10(14)11(15)17-12(16-6)8-5-7(13)3-4-9(8)18-2/h3-5H,1-2H3,(H2,15,16,17). The Morgan fingerprint density at radius 2 is 1.94 bits per heavy atom. The molecular weight excluding hydrogens is 362 g/mol. The predicted molar refractivity (Wildman–Crippen MR) is 78.6 cm³/mol. The Morgan fingerprint density at radius 3 is 2.56 bits per heavy atom. The van der Waals surface area contributed by atoms with E-state index in [9.17, 15) is 0 Å². The number of nitrogens with two attached hydrogens (primary N) is 1. The first-order chi connectivity index (χ1) is 8.52. The Labute approximate surface area is 122 Å². The lowest BCUT2D eigenvalue weighted by Crippen LogP contribution is -2.01. The van der Waals surface area contributed by atoms with Gasteiger partial charge in [-0.1, -0.05) is 15.9 Å². The molecule has 0 aliphatic carbocycles. The number of benzene rings is 1. The van der Waals surface area contributed by atoms with E-state index in [0.29, 0.717) is 17.4 Å². The molecule has 0 aliphatic heterocycles. The largest absolute Gasteiger partial charge is 0.496 e. The Bertz CT molecular complexity index is 579. The van der Waals surface area contributed by atoms with Gasteiger partial charge >= 0.3 is 0 Å². The Kier molecular flexibility index (Phi) is 3.87. The second-order valence-electron chi connectivity index (χ2n) is 3.68. The highest BCUT2D eigenvalue weighted by molar-refractivity contribution is 9.11.